The Morgan fingerprint density at radius 2 is 1.28 bits per heavy atom. The molecule has 1 nitrogen and oxygen atoms in total. The maximum atomic E-state index is 8.71. The Labute approximate surface area is 152 Å². The van der Waals surface area contributed by atoms with E-state index >= 15 is 0 Å². The molecule has 0 heterocycles. The van der Waals surface area contributed by atoms with E-state index in [1.807, 2.05) is 0 Å². The largest absolute Gasteiger partial charge is 0.304 e. The molecule has 0 bridgehead atoms. The topological polar surface area (TPSA) is 23.9 Å². The average molecular weight is 345 g/mol. The Kier molecular flexibility index (Phi) is 5.79. The van der Waals surface area contributed by atoms with Crippen LogP contribution in [0.25, 0.3) is 0 Å². The summed E-state index contributed by atoms with van der Waals surface area (Å²) in [6, 6.07) is 29.9. The van der Waals surface area contributed by atoms with Crippen LogP contribution >= 0.6 is 7.92 Å². The lowest BCUT2D eigenvalue weighted by atomic mass is 9.96. The fourth-order valence-electron chi connectivity index (χ4n) is 2.95. The Balaban J connectivity index is 2.17. The van der Waals surface area contributed by atoms with Crippen LogP contribution in [-0.2, 0) is 0 Å². The van der Waals surface area contributed by atoms with Crippen molar-refractivity contribution in [2.45, 2.75) is 20.3 Å². The molecule has 0 spiro atoms. The molecular formula is C23H24NP. The lowest BCUT2D eigenvalue weighted by Gasteiger charge is -2.23. The third kappa shape index (κ3) is 3.89. The minimum absolute atomic E-state index is 0.268. The van der Waals surface area contributed by atoms with E-state index in [2.05, 4.69) is 98.8 Å². The minimum atomic E-state index is -0.670. The molecular weight excluding hydrogens is 321 g/mol. The molecule has 0 aromatic heterocycles. The second-order valence-corrected chi connectivity index (χ2v) is 8.43. The van der Waals surface area contributed by atoms with E-state index < -0.39 is 7.92 Å². The van der Waals surface area contributed by atoms with Crippen LogP contribution < -0.4 is 15.9 Å². The van der Waals surface area contributed by atoms with Gasteiger partial charge in [-0.25, -0.2) is 0 Å². The Morgan fingerprint density at radius 3 is 1.80 bits per heavy atom. The van der Waals surface area contributed by atoms with Gasteiger partial charge in [-0.2, -0.15) is 0 Å². The second-order valence-electron chi connectivity index (χ2n) is 6.25. The van der Waals surface area contributed by atoms with Crippen molar-refractivity contribution >= 4 is 29.5 Å². The lowest BCUT2D eigenvalue weighted by Crippen LogP contribution is -2.26. The van der Waals surface area contributed by atoms with Crippen LogP contribution in [0, 0.1) is 11.3 Å². The summed E-state index contributed by atoms with van der Waals surface area (Å²) in [6.45, 7) is 4.30. The van der Waals surface area contributed by atoms with Crippen molar-refractivity contribution in [1.82, 2.24) is 0 Å². The predicted octanol–water partition coefficient (Wildman–Crippen LogP) is 4.86. The number of nitrogens with one attached hydrogen (secondary N) is 1. The van der Waals surface area contributed by atoms with Crippen molar-refractivity contribution in [2.75, 3.05) is 0 Å². The van der Waals surface area contributed by atoms with Gasteiger partial charge in [0.25, 0.3) is 0 Å². The Bertz CT molecular complexity index is 787. The zero-order valence-electron chi connectivity index (χ0n) is 14.8. The van der Waals surface area contributed by atoms with E-state index in [0.717, 1.165) is 17.7 Å². The normalized spacial score (nSPS) is 12.1. The van der Waals surface area contributed by atoms with Crippen LogP contribution in [0.15, 0.2) is 84.9 Å². The SMILES string of the molecule is CCC(C)C(=N)c1ccccc1P(c1ccccc1)c1ccccc1. The van der Waals surface area contributed by atoms with E-state index in [0.29, 0.717) is 0 Å². The molecule has 0 aliphatic carbocycles. The van der Waals surface area contributed by atoms with Gasteiger partial charge < -0.3 is 5.41 Å². The summed E-state index contributed by atoms with van der Waals surface area (Å²) in [7, 11) is -0.670. The minimum Gasteiger partial charge on any atom is -0.304 e. The highest BCUT2D eigenvalue weighted by molar-refractivity contribution is 7.80. The monoisotopic (exact) mass is 345 g/mol. The molecule has 25 heavy (non-hydrogen) atoms. The summed E-state index contributed by atoms with van der Waals surface area (Å²) in [5, 5.41) is 12.6. The first-order valence-corrected chi connectivity index (χ1v) is 10.1. The molecule has 0 fully saturated rings. The van der Waals surface area contributed by atoms with Gasteiger partial charge >= 0.3 is 0 Å². The third-order valence-electron chi connectivity index (χ3n) is 4.57. The molecule has 0 aliphatic heterocycles. The molecule has 1 unspecified atom stereocenters. The van der Waals surface area contributed by atoms with Crippen molar-refractivity contribution in [3.8, 4) is 0 Å². The number of rotatable bonds is 6. The second kappa shape index (κ2) is 8.23. The van der Waals surface area contributed by atoms with Gasteiger partial charge in [0.2, 0.25) is 0 Å². The summed E-state index contributed by atoms with van der Waals surface area (Å²) in [4.78, 5) is 0. The number of benzene rings is 3. The molecule has 0 saturated heterocycles. The molecule has 0 radical (unpaired) electrons. The van der Waals surface area contributed by atoms with Crippen LogP contribution in [0.2, 0.25) is 0 Å². The molecule has 1 atom stereocenters. The molecule has 1 N–H and O–H groups in total. The summed E-state index contributed by atoms with van der Waals surface area (Å²) in [5.41, 5.74) is 1.84. The summed E-state index contributed by atoms with van der Waals surface area (Å²) < 4.78 is 0. The summed E-state index contributed by atoms with van der Waals surface area (Å²) in [5.74, 6) is 0.268. The first-order valence-electron chi connectivity index (χ1n) is 8.80. The molecule has 0 aliphatic rings. The highest BCUT2D eigenvalue weighted by atomic mass is 31.1. The highest BCUT2D eigenvalue weighted by Crippen LogP contribution is 2.34. The number of hydrogen-bond donors (Lipinski definition) is 1. The van der Waals surface area contributed by atoms with E-state index in [1.165, 1.54) is 15.9 Å². The maximum absolute atomic E-state index is 8.71. The van der Waals surface area contributed by atoms with Crippen molar-refractivity contribution in [3.63, 3.8) is 0 Å². The quantitative estimate of drug-likeness (QED) is 0.487. The zero-order valence-corrected chi connectivity index (χ0v) is 15.7. The average Bonchev–Trinajstić information content (AvgIpc) is 2.69. The molecule has 126 valence electrons. The predicted molar refractivity (Wildman–Crippen MR) is 111 cm³/mol. The van der Waals surface area contributed by atoms with Crippen molar-refractivity contribution in [1.29, 1.82) is 5.41 Å². The standard InChI is InChI=1S/C23H24NP/c1-3-18(2)23(24)21-16-10-11-17-22(21)25(19-12-6-4-7-13-19)20-14-8-5-9-15-20/h4-18,24H,3H2,1-2H3. The molecule has 3 aromatic carbocycles. The van der Waals surface area contributed by atoms with Gasteiger partial charge in [0.05, 0.1) is 0 Å². The molecule has 3 aromatic rings. The van der Waals surface area contributed by atoms with Gasteiger partial charge in [-0.3, -0.25) is 0 Å². The highest BCUT2D eigenvalue weighted by Gasteiger charge is 2.22. The Morgan fingerprint density at radius 1 is 0.800 bits per heavy atom. The van der Waals surface area contributed by atoms with Gasteiger partial charge in [0.1, 0.15) is 0 Å². The van der Waals surface area contributed by atoms with E-state index in [9.17, 15) is 0 Å². The van der Waals surface area contributed by atoms with E-state index in [4.69, 9.17) is 5.41 Å². The fraction of sp³-hybridized carbons (Fsp3) is 0.174. The maximum Gasteiger partial charge on any atom is 0.0420 e. The lowest BCUT2D eigenvalue weighted by molar-refractivity contribution is 0.736. The van der Waals surface area contributed by atoms with Gasteiger partial charge in [-0.15, -0.1) is 0 Å². The van der Waals surface area contributed by atoms with Crippen molar-refractivity contribution in [2.24, 2.45) is 5.92 Å². The van der Waals surface area contributed by atoms with E-state index in [1.54, 1.807) is 0 Å². The van der Waals surface area contributed by atoms with Crippen molar-refractivity contribution in [3.05, 3.63) is 90.5 Å². The molecule has 3 rings (SSSR count). The number of hydrogen-bond acceptors (Lipinski definition) is 1. The van der Waals surface area contributed by atoms with Gasteiger partial charge in [-0.1, -0.05) is 98.8 Å². The van der Waals surface area contributed by atoms with Crippen LogP contribution in [0.4, 0.5) is 0 Å². The first kappa shape index (κ1) is 17.6. The summed E-state index contributed by atoms with van der Waals surface area (Å²) in [6.07, 6.45) is 0.988. The van der Waals surface area contributed by atoms with Gasteiger partial charge in [-0.05, 0) is 36.2 Å². The van der Waals surface area contributed by atoms with Crippen LogP contribution in [0.5, 0.6) is 0 Å². The van der Waals surface area contributed by atoms with E-state index in [-0.39, 0.29) is 5.92 Å². The smallest absolute Gasteiger partial charge is 0.0420 e. The van der Waals surface area contributed by atoms with Crippen LogP contribution in [0.3, 0.4) is 0 Å². The van der Waals surface area contributed by atoms with Gasteiger partial charge in [0.15, 0.2) is 0 Å². The summed E-state index contributed by atoms with van der Waals surface area (Å²) >= 11 is 0. The van der Waals surface area contributed by atoms with Crippen molar-refractivity contribution < 1.29 is 0 Å². The zero-order chi connectivity index (χ0) is 17.6. The molecule has 0 saturated carbocycles. The Hall–Kier alpha value is -2.24. The first-order chi connectivity index (χ1) is 12.2. The van der Waals surface area contributed by atoms with Gasteiger partial charge in [0, 0.05) is 11.3 Å². The van der Waals surface area contributed by atoms with Crippen LogP contribution in [0.1, 0.15) is 25.8 Å². The fourth-order valence-corrected chi connectivity index (χ4v) is 5.41. The van der Waals surface area contributed by atoms with Crippen LogP contribution in [-0.4, -0.2) is 5.71 Å². The third-order valence-corrected chi connectivity index (χ3v) is 7.07. The molecule has 0 amide bonds. The molecule has 2 heteroatoms.